The molecule has 4 nitrogen and oxygen atoms in total. The largest absolute Gasteiger partial charge is 0.379 e. The molecule has 0 aromatic heterocycles. The SMILES string of the molecule is CC1CCCC(CN)(NN2CCOCC2)C1. The number of nitrogens with one attached hydrogen (secondary N) is 1. The van der Waals surface area contributed by atoms with Gasteiger partial charge in [0.15, 0.2) is 0 Å². The molecule has 2 unspecified atom stereocenters. The fraction of sp³-hybridized carbons (Fsp3) is 1.00. The van der Waals surface area contributed by atoms with E-state index < -0.39 is 0 Å². The third-order valence-electron chi connectivity index (χ3n) is 3.89. The highest BCUT2D eigenvalue weighted by atomic mass is 16.5. The topological polar surface area (TPSA) is 50.5 Å². The monoisotopic (exact) mass is 227 g/mol. The van der Waals surface area contributed by atoms with E-state index in [1.54, 1.807) is 0 Å². The summed E-state index contributed by atoms with van der Waals surface area (Å²) in [4.78, 5) is 0. The zero-order chi connectivity index (χ0) is 11.4. The molecule has 16 heavy (non-hydrogen) atoms. The van der Waals surface area contributed by atoms with Crippen molar-refractivity contribution in [2.24, 2.45) is 11.7 Å². The first kappa shape index (κ1) is 12.3. The van der Waals surface area contributed by atoms with Crippen molar-refractivity contribution < 1.29 is 4.74 Å². The van der Waals surface area contributed by atoms with E-state index in [4.69, 9.17) is 10.5 Å². The van der Waals surface area contributed by atoms with E-state index in [9.17, 15) is 0 Å². The summed E-state index contributed by atoms with van der Waals surface area (Å²) in [7, 11) is 0. The van der Waals surface area contributed by atoms with Crippen LogP contribution in [0.15, 0.2) is 0 Å². The van der Waals surface area contributed by atoms with Gasteiger partial charge in [0.1, 0.15) is 0 Å². The van der Waals surface area contributed by atoms with E-state index in [1.807, 2.05) is 0 Å². The van der Waals surface area contributed by atoms with E-state index >= 15 is 0 Å². The van der Waals surface area contributed by atoms with Crippen molar-refractivity contribution in [2.45, 2.75) is 38.1 Å². The molecule has 4 heteroatoms. The maximum atomic E-state index is 6.00. The summed E-state index contributed by atoms with van der Waals surface area (Å²) >= 11 is 0. The fourth-order valence-electron chi connectivity index (χ4n) is 3.00. The molecule has 0 spiro atoms. The lowest BCUT2D eigenvalue weighted by molar-refractivity contribution is -0.0222. The van der Waals surface area contributed by atoms with Gasteiger partial charge in [0.25, 0.3) is 0 Å². The first-order chi connectivity index (χ1) is 7.74. The van der Waals surface area contributed by atoms with Crippen LogP contribution >= 0.6 is 0 Å². The number of hydrazine groups is 1. The minimum atomic E-state index is 0.148. The predicted molar refractivity (Wildman–Crippen MR) is 64.9 cm³/mol. The van der Waals surface area contributed by atoms with Crippen molar-refractivity contribution in [2.75, 3.05) is 32.8 Å². The second kappa shape index (κ2) is 5.45. The van der Waals surface area contributed by atoms with Gasteiger partial charge in [-0.3, -0.25) is 0 Å². The molecule has 0 amide bonds. The Balaban J connectivity index is 1.91. The van der Waals surface area contributed by atoms with Crippen LogP contribution in [0.4, 0.5) is 0 Å². The maximum Gasteiger partial charge on any atom is 0.0608 e. The van der Waals surface area contributed by atoms with Gasteiger partial charge in [-0.05, 0) is 18.8 Å². The molecule has 1 aliphatic carbocycles. The molecular weight excluding hydrogens is 202 g/mol. The van der Waals surface area contributed by atoms with Gasteiger partial charge >= 0.3 is 0 Å². The van der Waals surface area contributed by atoms with E-state index in [-0.39, 0.29) is 5.54 Å². The highest BCUT2D eigenvalue weighted by molar-refractivity contribution is 4.93. The molecule has 1 aliphatic heterocycles. The first-order valence-corrected chi connectivity index (χ1v) is 6.55. The quantitative estimate of drug-likeness (QED) is 0.746. The van der Waals surface area contributed by atoms with E-state index in [0.717, 1.165) is 38.8 Å². The van der Waals surface area contributed by atoms with Crippen molar-refractivity contribution in [1.82, 2.24) is 10.4 Å². The molecular formula is C12H25N3O. The predicted octanol–water partition coefficient (Wildman–Crippen LogP) is 0.731. The molecule has 1 heterocycles. The molecule has 0 radical (unpaired) electrons. The molecule has 2 rings (SSSR count). The second-order valence-electron chi connectivity index (χ2n) is 5.40. The lowest BCUT2D eigenvalue weighted by Crippen LogP contribution is -2.62. The lowest BCUT2D eigenvalue weighted by Gasteiger charge is -2.44. The minimum Gasteiger partial charge on any atom is -0.379 e. The minimum absolute atomic E-state index is 0.148. The zero-order valence-electron chi connectivity index (χ0n) is 10.4. The van der Waals surface area contributed by atoms with Gasteiger partial charge in [0.2, 0.25) is 0 Å². The van der Waals surface area contributed by atoms with Crippen molar-refractivity contribution in [1.29, 1.82) is 0 Å². The Morgan fingerprint density at radius 2 is 2.19 bits per heavy atom. The van der Waals surface area contributed by atoms with Crippen LogP contribution in [0.5, 0.6) is 0 Å². The molecule has 0 bridgehead atoms. The number of ether oxygens (including phenoxy) is 1. The number of hydrogen-bond acceptors (Lipinski definition) is 4. The summed E-state index contributed by atoms with van der Waals surface area (Å²) in [6.45, 7) is 6.72. The van der Waals surface area contributed by atoms with Gasteiger partial charge in [-0.1, -0.05) is 19.8 Å². The third kappa shape index (κ3) is 2.94. The number of rotatable bonds is 3. The van der Waals surface area contributed by atoms with Crippen LogP contribution in [-0.4, -0.2) is 43.4 Å². The molecule has 94 valence electrons. The van der Waals surface area contributed by atoms with Crippen LogP contribution in [0.1, 0.15) is 32.6 Å². The number of nitrogens with zero attached hydrogens (tertiary/aromatic N) is 1. The van der Waals surface area contributed by atoms with Gasteiger partial charge in [0, 0.05) is 25.2 Å². The normalized spacial score (nSPS) is 37.5. The Bertz CT molecular complexity index is 218. The molecule has 0 aromatic carbocycles. The van der Waals surface area contributed by atoms with Gasteiger partial charge < -0.3 is 10.5 Å². The highest BCUT2D eigenvalue weighted by Crippen LogP contribution is 2.31. The van der Waals surface area contributed by atoms with Crippen LogP contribution in [-0.2, 0) is 4.74 Å². The van der Waals surface area contributed by atoms with Crippen molar-refractivity contribution >= 4 is 0 Å². The highest BCUT2D eigenvalue weighted by Gasteiger charge is 2.35. The summed E-state index contributed by atoms with van der Waals surface area (Å²) in [5.41, 5.74) is 9.82. The van der Waals surface area contributed by atoms with Crippen LogP contribution < -0.4 is 11.2 Å². The van der Waals surface area contributed by atoms with Crippen molar-refractivity contribution in [3.63, 3.8) is 0 Å². The van der Waals surface area contributed by atoms with Crippen molar-refractivity contribution in [3.8, 4) is 0 Å². The summed E-state index contributed by atoms with van der Waals surface area (Å²) in [5.74, 6) is 0.797. The Labute approximate surface area is 98.5 Å². The standard InChI is InChI=1S/C12H25N3O/c1-11-3-2-4-12(9-11,10-13)14-15-5-7-16-8-6-15/h11,14H,2-10,13H2,1H3. The summed E-state index contributed by atoms with van der Waals surface area (Å²) in [5, 5.41) is 2.30. The Morgan fingerprint density at radius 3 is 2.81 bits per heavy atom. The summed E-state index contributed by atoms with van der Waals surface area (Å²) in [6, 6.07) is 0. The second-order valence-corrected chi connectivity index (χ2v) is 5.40. The third-order valence-corrected chi connectivity index (χ3v) is 3.89. The molecule has 3 N–H and O–H groups in total. The van der Waals surface area contributed by atoms with Gasteiger partial charge in [0.05, 0.1) is 13.2 Å². The Kier molecular flexibility index (Phi) is 4.19. The fourth-order valence-corrected chi connectivity index (χ4v) is 3.00. The molecule has 1 saturated heterocycles. The lowest BCUT2D eigenvalue weighted by atomic mass is 9.77. The van der Waals surface area contributed by atoms with Crippen LogP contribution in [0, 0.1) is 5.92 Å². The average molecular weight is 227 g/mol. The van der Waals surface area contributed by atoms with Gasteiger partial charge in [-0.25, -0.2) is 10.4 Å². The molecule has 2 atom stereocenters. The molecule has 2 aliphatic rings. The Hall–Kier alpha value is -0.160. The first-order valence-electron chi connectivity index (χ1n) is 6.55. The zero-order valence-corrected chi connectivity index (χ0v) is 10.4. The molecule has 0 aromatic rings. The number of morpholine rings is 1. The van der Waals surface area contributed by atoms with Gasteiger partial charge in [-0.15, -0.1) is 0 Å². The Morgan fingerprint density at radius 1 is 1.44 bits per heavy atom. The number of hydrogen-bond donors (Lipinski definition) is 2. The summed E-state index contributed by atoms with van der Waals surface area (Å²) < 4.78 is 5.36. The van der Waals surface area contributed by atoms with E-state index in [1.165, 1.54) is 25.7 Å². The van der Waals surface area contributed by atoms with Crippen LogP contribution in [0.3, 0.4) is 0 Å². The molecule has 1 saturated carbocycles. The maximum absolute atomic E-state index is 6.00. The van der Waals surface area contributed by atoms with E-state index in [2.05, 4.69) is 17.4 Å². The van der Waals surface area contributed by atoms with Crippen LogP contribution in [0.2, 0.25) is 0 Å². The smallest absolute Gasteiger partial charge is 0.0608 e. The van der Waals surface area contributed by atoms with Crippen LogP contribution in [0.25, 0.3) is 0 Å². The van der Waals surface area contributed by atoms with Crippen molar-refractivity contribution in [3.05, 3.63) is 0 Å². The summed E-state index contributed by atoms with van der Waals surface area (Å²) in [6.07, 6.45) is 5.08. The average Bonchev–Trinajstić information content (AvgIpc) is 2.30. The van der Waals surface area contributed by atoms with Gasteiger partial charge in [-0.2, -0.15) is 0 Å². The van der Waals surface area contributed by atoms with E-state index in [0.29, 0.717) is 0 Å². The number of nitrogens with two attached hydrogens (primary N) is 1. The molecule has 2 fully saturated rings.